The van der Waals surface area contributed by atoms with Crippen molar-refractivity contribution in [1.29, 1.82) is 0 Å². The first kappa shape index (κ1) is 17.4. The summed E-state index contributed by atoms with van der Waals surface area (Å²) in [5.74, 6) is 0. The highest BCUT2D eigenvalue weighted by Crippen LogP contribution is 2.14. The molecule has 2 aromatic heterocycles. The van der Waals surface area contributed by atoms with Crippen molar-refractivity contribution in [3.63, 3.8) is 0 Å². The molecule has 118 valence electrons. The highest BCUT2D eigenvalue weighted by molar-refractivity contribution is 5.85. The van der Waals surface area contributed by atoms with E-state index in [4.69, 9.17) is 0 Å². The molecule has 0 spiro atoms. The molecule has 0 aromatic carbocycles. The monoisotopic (exact) mass is 323 g/mol. The van der Waals surface area contributed by atoms with Crippen molar-refractivity contribution in [1.82, 2.24) is 19.6 Å². The van der Waals surface area contributed by atoms with Gasteiger partial charge in [-0.2, -0.15) is 10.2 Å². The van der Waals surface area contributed by atoms with Crippen LogP contribution in [0.3, 0.4) is 0 Å². The third-order valence-corrected chi connectivity index (χ3v) is 2.89. The molecule has 0 bridgehead atoms. The molecule has 21 heavy (non-hydrogen) atoms. The Hall–Kier alpha value is -1.70. The summed E-state index contributed by atoms with van der Waals surface area (Å²) in [7, 11) is 0. The van der Waals surface area contributed by atoms with E-state index in [0.717, 1.165) is 16.9 Å². The molecule has 5 nitrogen and oxygen atoms in total. The van der Waals surface area contributed by atoms with Crippen LogP contribution in [0, 0.1) is 6.92 Å². The predicted molar refractivity (Wildman–Crippen MR) is 75.7 cm³/mol. The Kier molecular flexibility index (Phi) is 6.54. The lowest BCUT2D eigenvalue weighted by Gasteiger charge is -2.05. The first-order valence-corrected chi connectivity index (χ1v) is 6.22. The molecule has 0 radical (unpaired) electrons. The fraction of sp³-hybridized carbons (Fsp3) is 0.500. The normalized spacial score (nSPS) is 10.7. The van der Waals surface area contributed by atoms with Crippen LogP contribution < -0.4 is 5.32 Å². The number of nitrogens with one attached hydrogen (secondary N) is 1. The van der Waals surface area contributed by atoms with E-state index in [0.29, 0.717) is 6.54 Å². The average molecular weight is 324 g/mol. The Balaban J connectivity index is 0.00000220. The van der Waals surface area contributed by atoms with Gasteiger partial charge in [0.2, 0.25) is 0 Å². The molecule has 2 aromatic rings. The quantitative estimate of drug-likeness (QED) is 0.852. The SMILES string of the molecule is Cc1c(NCc2cnn(CC(F)F)c2)cnn1CCF.Cl. The Morgan fingerprint density at radius 1 is 1.29 bits per heavy atom. The summed E-state index contributed by atoms with van der Waals surface area (Å²) in [4.78, 5) is 0. The van der Waals surface area contributed by atoms with Crippen LogP contribution in [0.2, 0.25) is 0 Å². The van der Waals surface area contributed by atoms with E-state index in [2.05, 4.69) is 15.5 Å². The maximum atomic E-state index is 12.3. The van der Waals surface area contributed by atoms with Crippen molar-refractivity contribution in [2.24, 2.45) is 0 Å². The van der Waals surface area contributed by atoms with Gasteiger partial charge in [-0.05, 0) is 6.92 Å². The van der Waals surface area contributed by atoms with Crippen LogP contribution in [-0.2, 0) is 19.6 Å². The lowest BCUT2D eigenvalue weighted by atomic mass is 10.3. The molecule has 2 rings (SSSR count). The van der Waals surface area contributed by atoms with Crippen LogP contribution in [-0.4, -0.2) is 32.7 Å². The topological polar surface area (TPSA) is 47.7 Å². The number of alkyl halides is 3. The van der Waals surface area contributed by atoms with Crippen LogP contribution >= 0.6 is 12.4 Å². The molecule has 0 amide bonds. The molecule has 0 saturated heterocycles. The van der Waals surface area contributed by atoms with Gasteiger partial charge in [0, 0.05) is 18.3 Å². The Morgan fingerprint density at radius 3 is 2.71 bits per heavy atom. The zero-order chi connectivity index (χ0) is 14.5. The predicted octanol–water partition coefficient (Wildman–Crippen LogP) is 2.66. The van der Waals surface area contributed by atoms with Crippen LogP contribution in [0.25, 0.3) is 0 Å². The second-order valence-corrected chi connectivity index (χ2v) is 4.37. The van der Waals surface area contributed by atoms with E-state index in [1.807, 2.05) is 6.92 Å². The highest BCUT2D eigenvalue weighted by Gasteiger charge is 2.08. The zero-order valence-corrected chi connectivity index (χ0v) is 12.3. The van der Waals surface area contributed by atoms with Crippen molar-refractivity contribution in [2.45, 2.75) is 33.0 Å². The standard InChI is InChI=1S/C12H16F3N5.ClH/c1-9-11(6-18-20(9)3-2-13)16-4-10-5-17-19(7-10)8-12(14)15;/h5-7,12,16H,2-4,8H2,1H3;1H. The van der Waals surface area contributed by atoms with E-state index >= 15 is 0 Å². The first-order valence-electron chi connectivity index (χ1n) is 6.22. The van der Waals surface area contributed by atoms with Crippen molar-refractivity contribution < 1.29 is 13.2 Å². The van der Waals surface area contributed by atoms with Gasteiger partial charge >= 0.3 is 0 Å². The van der Waals surface area contributed by atoms with Crippen molar-refractivity contribution in [2.75, 3.05) is 12.0 Å². The number of halogens is 4. The summed E-state index contributed by atoms with van der Waals surface area (Å²) in [6.45, 7) is 1.63. The summed E-state index contributed by atoms with van der Waals surface area (Å²) in [5, 5.41) is 11.0. The molecule has 1 N–H and O–H groups in total. The fourth-order valence-electron chi connectivity index (χ4n) is 1.86. The summed E-state index contributed by atoms with van der Waals surface area (Å²) in [5.41, 5.74) is 2.42. The number of nitrogens with zero attached hydrogens (tertiary/aromatic N) is 4. The van der Waals surface area contributed by atoms with Gasteiger partial charge in [-0.25, -0.2) is 13.2 Å². The van der Waals surface area contributed by atoms with E-state index in [1.165, 1.54) is 10.9 Å². The summed E-state index contributed by atoms with van der Waals surface area (Å²) in [6.07, 6.45) is 2.31. The largest absolute Gasteiger partial charge is 0.378 e. The van der Waals surface area contributed by atoms with Crippen LogP contribution in [0.1, 0.15) is 11.3 Å². The molecule has 2 heterocycles. The van der Waals surface area contributed by atoms with Crippen molar-refractivity contribution in [3.8, 4) is 0 Å². The van der Waals surface area contributed by atoms with Crippen LogP contribution in [0.4, 0.5) is 18.9 Å². The molecule has 0 atom stereocenters. The highest BCUT2D eigenvalue weighted by atomic mass is 35.5. The number of anilines is 1. The molecular formula is C12H17ClF3N5. The smallest absolute Gasteiger partial charge is 0.257 e. The third-order valence-electron chi connectivity index (χ3n) is 2.89. The molecule has 9 heteroatoms. The van der Waals surface area contributed by atoms with Crippen molar-refractivity contribution >= 4 is 18.1 Å². The van der Waals surface area contributed by atoms with Crippen LogP contribution in [0.5, 0.6) is 0 Å². The second kappa shape index (κ2) is 7.92. The van der Waals surface area contributed by atoms with Crippen LogP contribution in [0.15, 0.2) is 18.6 Å². The molecule has 0 saturated carbocycles. The second-order valence-electron chi connectivity index (χ2n) is 4.37. The number of hydrogen-bond acceptors (Lipinski definition) is 3. The van der Waals surface area contributed by atoms with E-state index in [-0.39, 0.29) is 19.0 Å². The fourth-order valence-corrected chi connectivity index (χ4v) is 1.86. The van der Waals surface area contributed by atoms with E-state index in [9.17, 15) is 13.2 Å². The van der Waals surface area contributed by atoms with Gasteiger partial charge in [0.25, 0.3) is 6.43 Å². The van der Waals surface area contributed by atoms with E-state index < -0.39 is 19.6 Å². The van der Waals surface area contributed by atoms with Gasteiger partial charge in [0.05, 0.1) is 30.3 Å². The summed E-state index contributed by atoms with van der Waals surface area (Å²) in [6, 6.07) is 0. The van der Waals surface area contributed by atoms with Gasteiger partial charge in [-0.1, -0.05) is 0 Å². The van der Waals surface area contributed by atoms with Gasteiger partial charge in [0.1, 0.15) is 13.2 Å². The molecule has 0 fully saturated rings. The number of rotatable bonds is 7. The van der Waals surface area contributed by atoms with Gasteiger partial charge in [-0.15, -0.1) is 12.4 Å². The minimum atomic E-state index is -2.42. The molecule has 0 aliphatic carbocycles. The Bertz CT molecular complexity index is 555. The zero-order valence-electron chi connectivity index (χ0n) is 11.5. The Morgan fingerprint density at radius 2 is 2.05 bits per heavy atom. The van der Waals surface area contributed by atoms with E-state index in [1.54, 1.807) is 17.1 Å². The lowest BCUT2D eigenvalue weighted by molar-refractivity contribution is 0.122. The first-order chi connectivity index (χ1) is 9.60. The molecule has 0 aliphatic rings. The van der Waals surface area contributed by atoms with Gasteiger partial charge < -0.3 is 5.32 Å². The minimum Gasteiger partial charge on any atom is -0.378 e. The maximum absolute atomic E-state index is 12.3. The average Bonchev–Trinajstić information content (AvgIpc) is 2.96. The number of hydrogen-bond donors (Lipinski definition) is 1. The third kappa shape index (κ3) is 4.66. The summed E-state index contributed by atoms with van der Waals surface area (Å²) < 4.78 is 39.4. The minimum absolute atomic E-state index is 0. The number of aromatic nitrogens is 4. The number of aryl methyl sites for hydroxylation is 1. The van der Waals surface area contributed by atoms with Crippen molar-refractivity contribution in [3.05, 3.63) is 29.8 Å². The molecule has 0 unspecified atom stereocenters. The van der Waals surface area contributed by atoms with Gasteiger partial charge in [0.15, 0.2) is 0 Å². The molecule has 0 aliphatic heterocycles. The summed E-state index contributed by atoms with van der Waals surface area (Å²) >= 11 is 0. The lowest BCUT2D eigenvalue weighted by Crippen LogP contribution is -2.07. The van der Waals surface area contributed by atoms with Gasteiger partial charge in [-0.3, -0.25) is 9.36 Å². The molecular weight excluding hydrogens is 307 g/mol. The maximum Gasteiger partial charge on any atom is 0.257 e. The Labute approximate surface area is 126 Å².